The number of hydrogen-bond donors (Lipinski definition) is 1. The van der Waals surface area contributed by atoms with Crippen LogP contribution in [-0.4, -0.2) is 39.2 Å². The van der Waals surface area contributed by atoms with Gasteiger partial charge < -0.3 is 10.2 Å². The number of carbonyl (C=O) groups excluding carboxylic acids is 2. The molecule has 0 spiro atoms. The summed E-state index contributed by atoms with van der Waals surface area (Å²) < 4.78 is 13.9. The normalized spacial score (nSPS) is 15.9. The predicted molar refractivity (Wildman–Crippen MR) is 120 cm³/mol. The van der Waals surface area contributed by atoms with Crippen LogP contribution in [0.1, 0.15) is 45.2 Å². The lowest BCUT2D eigenvalue weighted by Crippen LogP contribution is -2.33. The lowest BCUT2D eigenvalue weighted by molar-refractivity contribution is -0.128. The maximum absolute atomic E-state index is 13.9. The Hall–Kier alpha value is -3.75. The first-order valence-electron chi connectivity index (χ1n) is 10.1. The molecule has 1 aromatic heterocycles. The molecule has 0 aliphatic carbocycles. The van der Waals surface area contributed by atoms with E-state index in [4.69, 9.17) is 4.84 Å². The standard InChI is InChI=1S/C23H24FN5O3/c1-6-9-25-21(24)14(3)22(31)28-18-12-26-17(11-27-18)16-10-15(8-7-13(16)2)19-20(30)23(4,5)32-29-19/h7-12H,6H2,1-5H3,(H,27,28,31)/b21-14+,25-9-. The number of benzene rings is 1. The number of aromatic nitrogens is 2. The van der Waals surface area contributed by atoms with E-state index >= 15 is 0 Å². The van der Waals surface area contributed by atoms with E-state index in [1.54, 1.807) is 26.0 Å². The molecular formula is C23H24FN5O3. The van der Waals surface area contributed by atoms with E-state index < -0.39 is 17.5 Å². The Morgan fingerprint density at radius 1 is 1.28 bits per heavy atom. The first-order chi connectivity index (χ1) is 15.1. The van der Waals surface area contributed by atoms with Crippen molar-refractivity contribution in [3.63, 3.8) is 0 Å². The van der Waals surface area contributed by atoms with E-state index in [-0.39, 0.29) is 22.9 Å². The quantitative estimate of drug-likeness (QED) is 0.415. The Morgan fingerprint density at radius 2 is 2.03 bits per heavy atom. The van der Waals surface area contributed by atoms with E-state index in [0.29, 0.717) is 17.7 Å². The number of amides is 1. The van der Waals surface area contributed by atoms with E-state index in [1.165, 1.54) is 25.5 Å². The predicted octanol–water partition coefficient (Wildman–Crippen LogP) is 4.15. The highest BCUT2D eigenvalue weighted by Crippen LogP contribution is 2.27. The average molecular weight is 437 g/mol. The fourth-order valence-corrected chi connectivity index (χ4v) is 2.86. The summed E-state index contributed by atoms with van der Waals surface area (Å²) in [7, 11) is 0. The molecule has 1 aliphatic rings. The Labute approximate surface area is 185 Å². The summed E-state index contributed by atoms with van der Waals surface area (Å²) in [5.41, 5.74) is 1.93. The summed E-state index contributed by atoms with van der Waals surface area (Å²) in [6, 6.07) is 5.46. The number of halogens is 1. The zero-order valence-corrected chi connectivity index (χ0v) is 18.6. The first-order valence-corrected chi connectivity index (χ1v) is 10.1. The summed E-state index contributed by atoms with van der Waals surface area (Å²) in [4.78, 5) is 42.1. The van der Waals surface area contributed by atoms with Crippen LogP contribution in [0.3, 0.4) is 0 Å². The SMILES string of the molecule is CC/C=N\C(F)=C(/C)C(=O)Nc1cnc(-c2cc(C3=NOC(C)(C)C3=O)ccc2C)cn1. The molecule has 0 saturated carbocycles. The van der Waals surface area contributed by atoms with Gasteiger partial charge in [0.15, 0.2) is 17.1 Å². The number of aryl methyl sites for hydroxylation is 1. The van der Waals surface area contributed by atoms with Crippen molar-refractivity contribution < 1.29 is 18.8 Å². The lowest BCUT2D eigenvalue weighted by atomic mass is 9.93. The highest BCUT2D eigenvalue weighted by atomic mass is 19.1. The van der Waals surface area contributed by atoms with Gasteiger partial charge >= 0.3 is 0 Å². The zero-order valence-electron chi connectivity index (χ0n) is 18.6. The van der Waals surface area contributed by atoms with Crippen molar-refractivity contribution in [2.24, 2.45) is 10.1 Å². The fourth-order valence-electron chi connectivity index (χ4n) is 2.86. The number of aliphatic imine (C=N–C) groups is 1. The van der Waals surface area contributed by atoms with E-state index in [9.17, 15) is 14.0 Å². The highest BCUT2D eigenvalue weighted by Gasteiger charge is 2.40. The molecule has 0 fully saturated rings. The van der Waals surface area contributed by atoms with Crippen LogP contribution in [0.5, 0.6) is 0 Å². The number of hydrogen-bond acceptors (Lipinski definition) is 7. The fraction of sp³-hybridized carbons (Fsp3) is 0.304. The van der Waals surface area contributed by atoms with Gasteiger partial charge in [-0.1, -0.05) is 24.2 Å². The van der Waals surface area contributed by atoms with Crippen molar-refractivity contribution >= 4 is 29.4 Å². The third-order valence-electron chi connectivity index (χ3n) is 4.84. The molecule has 32 heavy (non-hydrogen) atoms. The number of anilines is 1. The molecule has 1 N–H and O–H groups in total. The van der Waals surface area contributed by atoms with E-state index in [2.05, 4.69) is 25.4 Å². The van der Waals surface area contributed by atoms with Gasteiger partial charge in [0.1, 0.15) is 0 Å². The smallest absolute Gasteiger partial charge is 0.257 e. The third-order valence-corrected chi connectivity index (χ3v) is 4.84. The maximum Gasteiger partial charge on any atom is 0.257 e. The van der Waals surface area contributed by atoms with Crippen molar-refractivity contribution in [3.8, 4) is 11.3 Å². The summed E-state index contributed by atoms with van der Waals surface area (Å²) >= 11 is 0. The largest absolute Gasteiger partial charge is 0.381 e. The minimum Gasteiger partial charge on any atom is -0.381 e. The van der Waals surface area contributed by atoms with Crippen LogP contribution in [0.2, 0.25) is 0 Å². The number of nitrogens with one attached hydrogen (secondary N) is 1. The second-order valence-corrected chi connectivity index (χ2v) is 7.78. The van der Waals surface area contributed by atoms with Crippen molar-refractivity contribution in [3.05, 3.63) is 53.2 Å². The molecule has 9 heteroatoms. The van der Waals surface area contributed by atoms with Crippen LogP contribution in [0, 0.1) is 6.92 Å². The van der Waals surface area contributed by atoms with Gasteiger partial charge in [0, 0.05) is 17.3 Å². The molecule has 0 saturated heterocycles. The van der Waals surface area contributed by atoms with E-state index in [0.717, 1.165) is 11.1 Å². The zero-order chi connectivity index (χ0) is 23.5. The molecule has 0 atom stereocenters. The van der Waals surface area contributed by atoms with Crippen LogP contribution in [0.15, 0.2) is 52.3 Å². The molecule has 0 unspecified atom stereocenters. The molecule has 0 radical (unpaired) electrons. The summed E-state index contributed by atoms with van der Waals surface area (Å²) in [5.74, 6) is -1.53. The van der Waals surface area contributed by atoms with Gasteiger partial charge in [-0.2, -0.15) is 4.39 Å². The van der Waals surface area contributed by atoms with Crippen molar-refractivity contribution in [2.45, 2.75) is 46.6 Å². The summed E-state index contributed by atoms with van der Waals surface area (Å²) in [6.07, 6.45) is 4.81. The van der Waals surface area contributed by atoms with Gasteiger partial charge in [0.25, 0.3) is 5.91 Å². The topological polar surface area (TPSA) is 106 Å². The Kier molecular flexibility index (Phi) is 6.57. The van der Waals surface area contributed by atoms with Crippen LogP contribution in [-0.2, 0) is 14.4 Å². The average Bonchev–Trinajstić information content (AvgIpc) is 3.05. The molecule has 8 nitrogen and oxygen atoms in total. The third kappa shape index (κ3) is 4.77. The van der Waals surface area contributed by atoms with Crippen LogP contribution in [0.4, 0.5) is 10.2 Å². The molecular weight excluding hydrogens is 413 g/mol. The number of ketones is 1. The second kappa shape index (κ2) is 9.17. The van der Waals surface area contributed by atoms with Gasteiger partial charge in [-0.25, -0.2) is 9.98 Å². The monoisotopic (exact) mass is 437 g/mol. The highest BCUT2D eigenvalue weighted by molar-refractivity contribution is 6.49. The van der Waals surface area contributed by atoms with Gasteiger partial charge in [0.2, 0.25) is 11.7 Å². The Balaban J connectivity index is 1.82. The Bertz CT molecular complexity index is 1150. The molecule has 1 aromatic carbocycles. The molecule has 1 aliphatic heterocycles. The maximum atomic E-state index is 13.9. The minimum atomic E-state index is -0.992. The molecule has 166 valence electrons. The van der Waals surface area contributed by atoms with Gasteiger partial charge in [-0.05, 0) is 45.7 Å². The molecule has 1 amide bonds. The summed E-state index contributed by atoms with van der Waals surface area (Å²) in [6.45, 7) is 8.39. The van der Waals surface area contributed by atoms with Crippen molar-refractivity contribution in [1.82, 2.24) is 9.97 Å². The molecule has 2 aromatic rings. The number of carbonyl (C=O) groups is 2. The first kappa shape index (κ1) is 22.9. The number of rotatable bonds is 6. The number of oxime groups is 1. The van der Waals surface area contributed by atoms with Gasteiger partial charge in [-0.15, -0.1) is 0 Å². The number of Topliss-reactive ketones (excluding diaryl/α,β-unsaturated/α-hetero) is 1. The van der Waals surface area contributed by atoms with Crippen LogP contribution < -0.4 is 5.32 Å². The molecule has 3 rings (SSSR count). The minimum absolute atomic E-state index is 0.156. The second-order valence-electron chi connectivity index (χ2n) is 7.78. The van der Waals surface area contributed by atoms with Crippen LogP contribution in [0.25, 0.3) is 11.3 Å². The van der Waals surface area contributed by atoms with Crippen molar-refractivity contribution in [2.75, 3.05) is 5.32 Å². The van der Waals surface area contributed by atoms with E-state index in [1.807, 2.05) is 19.9 Å². The van der Waals surface area contributed by atoms with Gasteiger partial charge in [0.05, 0.1) is 23.7 Å². The molecule has 0 bridgehead atoms. The van der Waals surface area contributed by atoms with Crippen LogP contribution >= 0.6 is 0 Å². The Morgan fingerprint density at radius 3 is 2.62 bits per heavy atom. The number of nitrogens with zero attached hydrogens (tertiary/aromatic N) is 4. The van der Waals surface area contributed by atoms with Gasteiger partial charge in [-0.3, -0.25) is 14.6 Å². The van der Waals surface area contributed by atoms with Crippen molar-refractivity contribution in [1.29, 1.82) is 0 Å². The summed E-state index contributed by atoms with van der Waals surface area (Å²) in [5, 5.41) is 6.44. The lowest BCUT2D eigenvalue weighted by Gasteiger charge is -2.12. The molecule has 2 heterocycles.